The molecular formula is C10H14ClNO2. The van der Waals surface area contributed by atoms with Crippen LogP contribution in [0.1, 0.15) is 17.3 Å². The molecule has 0 fully saturated rings. The zero-order valence-corrected chi connectivity index (χ0v) is 9.06. The van der Waals surface area contributed by atoms with E-state index in [9.17, 15) is 4.79 Å². The van der Waals surface area contributed by atoms with Gasteiger partial charge in [-0.3, -0.25) is 0 Å². The molecule has 4 heteroatoms. The van der Waals surface area contributed by atoms with E-state index in [2.05, 4.69) is 5.32 Å². The van der Waals surface area contributed by atoms with Gasteiger partial charge in [-0.05, 0) is 19.1 Å². The minimum absolute atomic E-state index is 0. The zero-order chi connectivity index (χ0) is 9.68. The molecule has 0 bridgehead atoms. The van der Waals surface area contributed by atoms with E-state index in [1.807, 2.05) is 18.2 Å². The summed E-state index contributed by atoms with van der Waals surface area (Å²) in [6.07, 6.45) is 0. The van der Waals surface area contributed by atoms with Gasteiger partial charge in [0.2, 0.25) is 0 Å². The monoisotopic (exact) mass is 215 g/mol. The van der Waals surface area contributed by atoms with Gasteiger partial charge in [-0.2, -0.15) is 0 Å². The summed E-state index contributed by atoms with van der Waals surface area (Å²) in [5.74, 6) is -0.285. The first kappa shape index (κ1) is 12.8. The van der Waals surface area contributed by atoms with Crippen molar-refractivity contribution < 1.29 is 9.53 Å². The minimum atomic E-state index is -0.285. The van der Waals surface area contributed by atoms with E-state index >= 15 is 0 Å². The number of halogens is 1. The maximum absolute atomic E-state index is 11.4. The van der Waals surface area contributed by atoms with Crippen LogP contribution in [0.4, 0.5) is 5.69 Å². The van der Waals surface area contributed by atoms with Crippen LogP contribution in [0.5, 0.6) is 0 Å². The smallest absolute Gasteiger partial charge is 0.340 e. The molecule has 0 spiro atoms. The lowest BCUT2D eigenvalue weighted by Crippen LogP contribution is -2.07. The Balaban J connectivity index is 0.00000169. The molecule has 0 saturated carbocycles. The second-order valence-electron chi connectivity index (χ2n) is 2.52. The Labute approximate surface area is 89.9 Å². The van der Waals surface area contributed by atoms with Crippen LogP contribution in [0, 0.1) is 0 Å². The maximum atomic E-state index is 11.4. The van der Waals surface area contributed by atoms with Gasteiger partial charge in [0.1, 0.15) is 0 Å². The normalized spacial score (nSPS) is 8.71. The summed E-state index contributed by atoms with van der Waals surface area (Å²) in [5.41, 5.74) is 1.37. The average Bonchev–Trinajstić information content (AvgIpc) is 2.18. The summed E-state index contributed by atoms with van der Waals surface area (Å²) in [6.45, 7) is 2.19. The van der Waals surface area contributed by atoms with Gasteiger partial charge in [0, 0.05) is 12.7 Å². The lowest BCUT2D eigenvalue weighted by Gasteiger charge is -2.06. The van der Waals surface area contributed by atoms with Crippen LogP contribution in [0.3, 0.4) is 0 Å². The molecular weight excluding hydrogens is 202 g/mol. The number of rotatable bonds is 3. The fourth-order valence-electron chi connectivity index (χ4n) is 1.09. The summed E-state index contributed by atoms with van der Waals surface area (Å²) < 4.78 is 4.89. The van der Waals surface area contributed by atoms with Crippen LogP contribution >= 0.6 is 12.4 Å². The molecule has 0 atom stereocenters. The first-order valence-corrected chi connectivity index (χ1v) is 4.23. The van der Waals surface area contributed by atoms with Crippen molar-refractivity contribution in [2.45, 2.75) is 6.92 Å². The summed E-state index contributed by atoms with van der Waals surface area (Å²) in [6, 6.07) is 7.26. The minimum Gasteiger partial charge on any atom is -0.462 e. The molecule has 3 nitrogen and oxygen atoms in total. The van der Waals surface area contributed by atoms with Gasteiger partial charge in [-0.25, -0.2) is 4.79 Å². The highest BCUT2D eigenvalue weighted by Crippen LogP contribution is 2.14. The number of para-hydroxylation sites is 1. The molecule has 0 aliphatic carbocycles. The molecule has 1 aromatic carbocycles. The van der Waals surface area contributed by atoms with Crippen molar-refractivity contribution in [2.75, 3.05) is 19.0 Å². The molecule has 0 saturated heterocycles. The Morgan fingerprint density at radius 2 is 2.07 bits per heavy atom. The van der Waals surface area contributed by atoms with E-state index in [0.717, 1.165) is 5.69 Å². The predicted molar refractivity (Wildman–Crippen MR) is 59.2 cm³/mol. The first-order chi connectivity index (χ1) is 6.29. The third-order valence-electron chi connectivity index (χ3n) is 1.69. The summed E-state index contributed by atoms with van der Waals surface area (Å²) in [4.78, 5) is 11.4. The Hall–Kier alpha value is -1.22. The van der Waals surface area contributed by atoms with Crippen molar-refractivity contribution in [3.8, 4) is 0 Å². The topological polar surface area (TPSA) is 38.3 Å². The fraction of sp³-hybridized carbons (Fsp3) is 0.300. The van der Waals surface area contributed by atoms with Crippen LogP contribution in [-0.4, -0.2) is 19.6 Å². The van der Waals surface area contributed by atoms with Crippen molar-refractivity contribution >= 4 is 24.1 Å². The van der Waals surface area contributed by atoms with E-state index in [-0.39, 0.29) is 18.4 Å². The maximum Gasteiger partial charge on any atom is 0.340 e. The molecule has 0 heterocycles. The molecule has 1 aromatic rings. The molecule has 1 N–H and O–H groups in total. The highest BCUT2D eigenvalue weighted by atomic mass is 35.5. The molecule has 78 valence electrons. The largest absolute Gasteiger partial charge is 0.462 e. The second kappa shape index (κ2) is 6.27. The van der Waals surface area contributed by atoms with Crippen molar-refractivity contribution in [3.05, 3.63) is 29.8 Å². The zero-order valence-electron chi connectivity index (χ0n) is 8.24. The number of hydrogen-bond acceptors (Lipinski definition) is 3. The third-order valence-corrected chi connectivity index (χ3v) is 1.69. The summed E-state index contributed by atoms with van der Waals surface area (Å²) >= 11 is 0. The Morgan fingerprint density at radius 3 is 2.64 bits per heavy atom. The average molecular weight is 216 g/mol. The van der Waals surface area contributed by atoms with Gasteiger partial charge in [-0.15, -0.1) is 12.4 Å². The van der Waals surface area contributed by atoms with E-state index in [1.165, 1.54) is 0 Å². The number of benzene rings is 1. The molecule has 0 unspecified atom stereocenters. The number of hydrogen-bond donors (Lipinski definition) is 1. The lowest BCUT2D eigenvalue weighted by atomic mass is 10.2. The van der Waals surface area contributed by atoms with Crippen LogP contribution in [0.25, 0.3) is 0 Å². The second-order valence-corrected chi connectivity index (χ2v) is 2.52. The Morgan fingerprint density at radius 1 is 1.43 bits per heavy atom. The van der Waals surface area contributed by atoms with Crippen LogP contribution in [-0.2, 0) is 4.74 Å². The van der Waals surface area contributed by atoms with E-state index < -0.39 is 0 Å². The van der Waals surface area contributed by atoms with Gasteiger partial charge < -0.3 is 10.1 Å². The van der Waals surface area contributed by atoms with Crippen molar-refractivity contribution in [1.82, 2.24) is 0 Å². The molecule has 0 aliphatic heterocycles. The number of ether oxygens (including phenoxy) is 1. The SMILES string of the molecule is CCOC(=O)c1ccccc1NC.Cl. The van der Waals surface area contributed by atoms with Crippen LogP contribution in [0.2, 0.25) is 0 Å². The molecule has 14 heavy (non-hydrogen) atoms. The van der Waals surface area contributed by atoms with Gasteiger partial charge in [0.15, 0.2) is 0 Å². The molecule has 0 amide bonds. The number of anilines is 1. The Bertz CT molecular complexity index is 302. The van der Waals surface area contributed by atoms with E-state index in [1.54, 1.807) is 20.0 Å². The standard InChI is InChI=1S/C10H13NO2.ClH/c1-3-13-10(12)8-6-4-5-7-9(8)11-2;/h4-7,11H,3H2,1-2H3;1H. The molecule has 0 aromatic heterocycles. The summed E-state index contributed by atoms with van der Waals surface area (Å²) in [7, 11) is 1.78. The van der Waals surface area contributed by atoms with Crippen molar-refractivity contribution in [2.24, 2.45) is 0 Å². The molecule has 1 rings (SSSR count). The van der Waals surface area contributed by atoms with Crippen LogP contribution in [0.15, 0.2) is 24.3 Å². The highest BCUT2D eigenvalue weighted by Gasteiger charge is 2.09. The highest BCUT2D eigenvalue weighted by molar-refractivity contribution is 5.95. The Kier molecular flexibility index (Phi) is 5.72. The number of carbonyl (C=O) groups excluding carboxylic acids is 1. The van der Waals surface area contributed by atoms with Gasteiger partial charge in [-0.1, -0.05) is 12.1 Å². The van der Waals surface area contributed by atoms with E-state index in [0.29, 0.717) is 12.2 Å². The first-order valence-electron chi connectivity index (χ1n) is 4.23. The summed E-state index contributed by atoms with van der Waals surface area (Å²) in [5, 5.41) is 2.93. The van der Waals surface area contributed by atoms with Gasteiger partial charge in [0.05, 0.1) is 12.2 Å². The predicted octanol–water partition coefficient (Wildman–Crippen LogP) is 2.33. The quantitative estimate of drug-likeness (QED) is 0.787. The van der Waals surface area contributed by atoms with Gasteiger partial charge >= 0.3 is 5.97 Å². The van der Waals surface area contributed by atoms with Gasteiger partial charge in [0.25, 0.3) is 0 Å². The fourth-order valence-corrected chi connectivity index (χ4v) is 1.09. The molecule has 0 aliphatic rings. The molecule has 0 radical (unpaired) electrons. The van der Waals surface area contributed by atoms with Crippen LogP contribution < -0.4 is 5.32 Å². The number of nitrogens with one attached hydrogen (secondary N) is 1. The van der Waals surface area contributed by atoms with Crippen molar-refractivity contribution in [1.29, 1.82) is 0 Å². The lowest BCUT2D eigenvalue weighted by molar-refractivity contribution is 0.0527. The van der Waals surface area contributed by atoms with Crippen molar-refractivity contribution in [3.63, 3.8) is 0 Å². The number of esters is 1. The third kappa shape index (κ3) is 2.92. The van der Waals surface area contributed by atoms with E-state index in [4.69, 9.17) is 4.74 Å². The number of carbonyl (C=O) groups is 1.